The number of hydrogen-bond donors (Lipinski definition) is 1. The molecule has 0 aliphatic rings. The normalized spacial score (nSPS) is 10.6. The summed E-state index contributed by atoms with van der Waals surface area (Å²) in [6.45, 7) is 0. The highest BCUT2D eigenvalue weighted by Gasteiger charge is 1.86. The first-order valence-electron chi connectivity index (χ1n) is 2.85. The molecule has 0 spiro atoms. The molecule has 54 valence electrons. The van der Waals surface area contributed by atoms with E-state index < -0.39 is 0 Å². The lowest BCUT2D eigenvalue weighted by Crippen LogP contribution is -2.07. The molecule has 0 radical (unpaired) electrons. The van der Waals surface area contributed by atoms with Crippen LogP contribution in [0.15, 0.2) is 11.3 Å². The van der Waals surface area contributed by atoms with E-state index in [0.717, 1.165) is 0 Å². The smallest absolute Gasteiger partial charge is 0.246 e. The predicted molar refractivity (Wildman–Crippen MR) is 38.2 cm³/mol. The maximum Gasteiger partial charge on any atom is 0.246 e. The monoisotopic (exact) mass is 139 g/mol. The Kier molecular flexibility index (Phi) is 1.99. The largest absolute Gasteiger partial charge is 0.369 e. The molecular weight excluding hydrogens is 130 g/mol. The molecule has 0 atom stereocenters. The van der Waals surface area contributed by atoms with Crippen molar-refractivity contribution < 1.29 is 0 Å². The molecule has 10 heavy (non-hydrogen) atoms. The summed E-state index contributed by atoms with van der Waals surface area (Å²) in [6, 6.07) is 0. The van der Waals surface area contributed by atoms with Gasteiger partial charge in [0.2, 0.25) is 5.95 Å². The van der Waals surface area contributed by atoms with Gasteiger partial charge in [-0.05, 0) is 0 Å². The molecule has 0 aliphatic heterocycles. The molecule has 0 saturated heterocycles. The molecule has 0 unspecified atom stereocenters. The molecule has 5 heteroatoms. The highest BCUT2D eigenvalue weighted by molar-refractivity contribution is 5.57. The van der Waals surface area contributed by atoms with Gasteiger partial charge in [0.25, 0.3) is 0 Å². The van der Waals surface area contributed by atoms with Crippen molar-refractivity contribution in [1.82, 2.24) is 20.1 Å². The molecular formula is C5H9N5. The van der Waals surface area contributed by atoms with Gasteiger partial charge in [-0.15, -0.1) is 0 Å². The fraction of sp³-hybridized carbons (Fsp3) is 0.400. The highest BCUT2D eigenvalue weighted by Crippen LogP contribution is 1.95. The number of hydrogen-bond acceptors (Lipinski definition) is 3. The number of H-pyrrole nitrogens is 1. The van der Waals surface area contributed by atoms with Gasteiger partial charge >= 0.3 is 0 Å². The second-order valence-corrected chi connectivity index (χ2v) is 2.02. The molecule has 0 bridgehead atoms. The summed E-state index contributed by atoms with van der Waals surface area (Å²) >= 11 is 0. The van der Waals surface area contributed by atoms with Gasteiger partial charge in [-0.3, -0.25) is 0 Å². The van der Waals surface area contributed by atoms with E-state index in [1.165, 1.54) is 6.33 Å². The third kappa shape index (κ3) is 1.85. The molecule has 1 aromatic rings. The number of aliphatic imine (C=N–C) groups is 1. The van der Waals surface area contributed by atoms with E-state index in [9.17, 15) is 0 Å². The minimum Gasteiger partial charge on any atom is -0.369 e. The van der Waals surface area contributed by atoms with Crippen LogP contribution in [0.4, 0.5) is 5.95 Å². The number of nitrogens with zero attached hydrogens (tertiary/aromatic N) is 4. The van der Waals surface area contributed by atoms with Crippen molar-refractivity contribution in [3.63, 3.8) is 0 Å². The van der Waals surface area contributed by atoms with Crippen LogP contribution < -0.4 is 0 Å². The quantitative estimate of drug-likeness (QED) is 0.464. The standard InChI is InChI=1S/C5H9N5/c1-10(2)4-7-5-6-3-8-9-5/h3-4H,1-2H3,(H,6,8,9). The molecule has 5 nitrogen and oxygen atoms in total. The lowest BCUT2D eigenvalue weighted by molar-refractivity contribution is 0.642. The summed E-state index contributed by atoms with van der Waals surface area (Å²) in [5.74, 6) is 0.522. The van der Waals surface area contributed by atoms with Gasteiger partial charge < -0.3 is 4.90 Å². The molecule has 1 N–H and O–H groups in total. The van der Waals surface area contributed by atoms with E-state index in [1.807, 2.05) is 19.0 Å². The maximum atomic E-state index is 3.94. The Hall–Kier alpha value is -1.39. The molecule has 0 saturated carbocycles. The van der Waals surface area contributed by atoms with E-state index >= 15 is 0 Å². The summed E-state index contributed by atoms with van der Waals surface area (Å²) in [7, 11) is 3.78. The van der Waals surface area contributed by atoms with Gasteiger partial charge in [0, 0.05) is 14.1 Å². The first-order chi connectivity index (χ1) is 4.79. The summed E-state index contributed by atoms with van der Waals surface area (Å²) in [4.78, 5) is 9.56. The highest BCUT2D eigenvalue weighted by atomic mass is 15.3. The van der Waals surface area contributed by atoms with Crippen molar-refractivity contribution in [2.75, 3.05) is 14.1 Å². The van der Waals surface area contributed by atoms with E-state index in [1.54, 1.807) is 6.34 Å². The van der Waals surface area contributed by atoms with Crippen LogP contribution in [0.2, 0.25) is 0 Å². The van der Waals surface area contributed by atoms with Crippen molar-refractivity contribution >= 4 is 12.3 Å². The van der Waals surface area contributed by atoms with E-state index in [0.29, 0.717) is 5.95 Å². The van der Waals surface area contributed by atoms with E-state index in [-0.39, 0.29) is 0 Å². The van der Waals surface area contributed by atoms with Crippen LogP contribution in [-0.4, -0.2) is 40.5 Å². The lowest BCUT2D eigenvalue weighted by atomic mass is 10.9. The predicted octanol–water partition coefficient (Wildman–Crippen LogP) is 0.0261. The maximum absolute atomic E-state index is 3.94. The summed E-state index contributed by atoms with van der Waals surface area (Å²) < 4.78 is 0. The first kappa shape index (κ1) is 6.73. The van der Waals surface area contributed by atoms with Crippen molar-refractivity contribution in [2.45, 2.75) is 0 Å². The first-order valence-corrected chi connectivity index (χ1v) is 2.85. The van der Waals surface area contributed by atoms with E-state index in [2.05, 4.69) is 20.2 Å². The molecule has 0 amide bonds. The van der Waals surface area contributed by atoms with Crippen molar-refractivity contribution in [3.8, 4) is 0 Å². The Balaban J connectivity index is 2.55. The third-order valence-corrected chi connectivity index (χ3v) is 0.813. The topological polar surface area (TPSA) is 57.2 Å². The van der Waals surface area contributed by atoms with Gasteiger partial charge in [0.1, 0.15) is 6.33 Å². The average Bonchev–Trinajstić information content (AvgIpc) is 2.34. The second kappa shape index (κ2) is 2.95. The SMILES string of the molecule is CN(C)C=Nc1ncn[nH]1. The molecule has 0 aromatic carbocycles. The van der Waals surface area contributed by atoms with Gasteiger partial charge in [-0.25, -0.2) is 10.1 Å². The lowest BCUT2D eigenvalue weighted by Gasteiger charge is -1.99. The van der Waals surface area contributed by atoms with Crippen LogP contribution in [0.25, 0.3) is 0 Å². The second-order valence-electron chi connectivity index (χ2n) is 2.02. The Morgan fingerprint density at radius 2 is 2.50 bits per heavy atom. The summed E-state index contributed by atoms with van der Waals surface area (Å²) in [6.07, 6.45) is 3.07. The van der Waals surface area contributed by atoms with Gasteiger partial charge in [-0.2, -0.15) is 10.1 Å². The Morgan fingerprint density at radius 1 is 1.70 bits per heavy atom. The van der Waals surface area contributed by atoms with Crippen LogP contribution in [0.3, 0.4) is 0 Å². The number of aromatic amines is 1. The fourth-order valence-electron chi connectivity index (χ4n) is 0.431. The molecule has 1 rings (SSSR count). The van der Waals surface area contributed by atoms with Crippen molar-refractivity contribution in [2.24, 2.45) is 4.99 Å². The minimum absolute atomic E-state index is 0.522. The van der Waals surface area contributed by atoms with Gasteiger partial charge in [0.05, 0.1) is 6.34 Å². The number of aromatic nitrogens is 3. The molecule has 1 aromatic heterocycles. The van der Waals surface area contributed by atoms with Crippen LogP contribution in [0.1, 0.15) is 0 Å². The summed E-state index contributed by atoms with van der Waals surface area (Å²) in [5, 5.41) is 6.24. The van der Waals surface area contributed by atoms with E-state index in [4.69, 9.17) is 0 Å². The molecule has 0 fully saturated rings. The van der Waals surface area contributed by atoms with Crippen molar-refractivity contribution in [1.29, 1.82) is 0 Å². The van der Waals surface area contributed by atoms with Crippen LogP contribution in [0, 0.1) is 0 Å². The third-order valence-electron chi connectivity index (χ3n) is 0.813. The Labute approximate surface area is 58.8 Å². The van der Waals surface area contributed by atoms with Crippen LogP contribution in [-0.2, 0) is 0 Å². The zero-order valence-corrected chi connectivity index (χ0v) is 5.94. The summed E-state index contributed by atoms with van der Waals surface area (Å²) in [5.41, 5.74) is 0. The molecule has 1 heterocycles. The number of rotatable bonds is 2. The Bertz CT molecular complexity index is 200. The zero-order chi connectivity index (χ0) is 7.40. The van der Waals surface area contributed by atoms with Crippen molar-refractivity contribution in [3.05, 3.63) is 6.33 Å². The van der Waals surface area contributed by atoms with Gasteiger partial charge in [0.15, 0.2) is 0 Å². The van der Waals surface area contributed by atoms with Gasteiger partial charge in [-0.1, -0.05) is 0 Å². The fourth-order valence-corrected chi connectivity index (χ4v) is 0.431. The number of nitrogens with one attached hydrogen (secondary N) is 1. The average molecular weight is 139 g/mol. The minimum atomic E-state index is 0.522. The zero-order valence-electron chi connectivity index (χ0n) is 5.94. The van der Waals surface area contributed by atoms with Crippen LogP contribution in [0.5, 0.6) is 0 Å². The Morgan fingerprint density at radius 3 is 3.00 bits per heavy atom. The van der Waals surface area contributed by atoms with Crippen LogP contribution >= 0.6 is 0 Å². The molecule has 0 aliphatic carbocycles.